The molecule has 0 unspecified atom stereocenters. The first-order chi connectivity index (χ1) is 15.7. The summed E-state index contributed by atoms with van der Waals surface area (Å²) < 4.78 is 1.92. The zero-order valence-electron chi connectivity index (χ0n) is 17.6. The molecule has 158 valence electrons. The highest BCUT2D eigenvalue weighted by atomic mass is 16.2. The fraction of sp³-hybridized carbons (Fsp3) is 0.115. The number of hydrogen-bond donors (Lipinski definition) is 1. The van der Waals surface area contributed by atoms with E-state index in [1.54, 1.807) is 23.4 Å². The highest BCUT2D eigenvalue weighted by Crippen LogP contribution is 2.36. The average molecular weight is 422 g/mol. The number of amides is 1. The number of rotatable bonds is 6. The molecule has 6 heteroatoms. The van der Waals surface area contributed by atoms with E-state index in [0.717, 1.165) is 28.1 Å². The Labute approximate surface area is 186 Å². The molecule has 5 rings (SSSR count). The number of hydrogen-bond acceptors (Lipinski definition) is 4. The Balaban J connectivity index is 1.62. The summed E-state index contributed by atoms with van der Waals surface area (Å²) in [4.78, 5) is 19.4. The van der Waals surface area contributed by atoms with Gasteiger partial charge in [0.1, 0.15) is 11.9 Å². The summed E-state index contributed by atoms with van der Waals surface area (Å²) in [6.07, 6.45) is 6.93. The number of carbonyl (C=O) groups is 1. The van der Waals surface area contributed by atoms with Crippen LogP contribution in [-0.2, 0) is 6.54 Å². The van der Waals surface area contributed by atoms with Gasteiger partial charge in [-0.05, 0) is 29.8 Å². The fourth-order valence-electron chi connectivity index (χ4n) is 4.08. The third kappa shape index (κ3) is 3.67. The number of anilines is 1. The monoisotopic (exact) mass is 421 g/mol. The Bertz CT molecular complexity index is 1250. The molecule has 1 N–H and O–H groups in total. The molecule has 0 radical (unpaired) electrons. The van der Waals surface area contributed by atoms with E-state index >= 15 is 0 Å². The third-order valence-corrected chi connectivity index (χ3v) is 5.55. The first-order valence-electron chi connectivity index (χ1n) is 10.5. The lowest BCUT2D eigenvalue weighted by molar-refractivity contribution is 0.0708. The quantitative estimate of drug-likeness (QED) is 0.457. The Kier molecular flexibility index (Phi) is 5.25. The Morgan fingerprint density at radius 1 is 1.03 bits per heavy atom. The minimum Gasteiger partial charge on any atom is -0.361 e. The molecule has 0 saturated heterocycles. The van der Waals surface area contributed by atoms with Gasteiger partial charge >= 0.3 is 0 Å². The van der Waals surface area contributed by atoms with Crippen LogP contribution in [0.2, 0.25) is 0 Å². The molecule has 0 bridgehead atoms. The van der Waals surface area contributed by atoms with Crippen LogP contribution in [0.3, 0.4) is 0 Å². The highest BCUT2D eigenvalue weighted by molar-refractivity contribution is 6.02. The second kappa shape index (κ2) is 8.51. The lowest BCUT2D eigenvalue weighted by Crippen LogP contribution is -2.43. The molecule has 1 aliphatic rings. The summed E-state index contributed by atoms with van der Waals surface area (Å²) in [6.45, 7) is 4.91. The van der Waals surface area contributed by atoms with E-state index in [4.69, 9.17) is 5.10 Å². The molecule has 2 aromatic heterocycles. The molecule has 0 fully saturated rings. The summed E-state index contributed by atoms with van der Waals surface area (Å²) in [5.41, 5.74) is 5.24. The van der Waals surface area contributed by atoms with E-state index in [1.807, 2.05) is 65.5 Å². The van der Waals surface area contributed by atoms with Crippen molar-refractivity contribution in [3.63, 3.8) is 0 Å². The van der Waals surface area contributed by atoms with Crippen molar-refractivity contribution >= 4 is 11.6 Å². The summed E-state index contributed by atoms with van der Waals surface area (Å²) in [5.74, 6) is -0.0304. The van der Waals surface area contributed by atoms with E-state index in [9.17, 15) is 4.79 Å². The molecule has 32 heavy (non-hydrogen) atoms. The van der Waals surface area contributed by atoms with Gasteiger partial charge in [0.15, 0.2) is 0 Å². The summed E-state index contributed by atoms with van der Waals surface area (Å²) in [5, 5.41) is 8.45. The van der Waals surface area contributed by atoms with Gasteiger partial charge in [0.25, 0.3) is 5.91 Å². The maximum Gasteiger partial charge on any atom is 0.258 e. The minimum atomic E-state index is -0.380. The summed E-state index contributed by atoms with van der Waals surface area (Å²) >= 11 is 0. The molecular formula is C26H23N5O. The molecule has 3 heterocycles. The van der Waals surface area contributed by atoms with Crippen LogP contribution in [0, 0.1) is 0 Å². The van der Waals surface area contributed by atoms with Gasteiger partial charge in [-0.3, -0.25) is 14.5 Å². The molecule has 0 saturated carbocycles. The number of aromatic nitrogens is 3. The molecule has 1 atom stereocenters. The van der Waals surface area contributed by atoms with Crippen molar-refractivity contribution in [2.45, 2.75) is 12.7 Å². The van der Waals surface area contributed by atoms with E-state index < -0.39 is 0 Å². The van der Waals surface area contributed by atoms with Crippen molar-refractivity contribution < 1.29 is 4.79 Å². The average Bonchev–Trinajstić information content (AvgIpc) is 3.25. The van der Waals surface area contributed by atoms with Crippen LogP contribution in [0.5, 0.6) is 0 Å². The number of benzene rings is 2. The van der Waals surface area contributed by atoms with Crippen LogP contribution in [0.1, 0.15) is 27.7 Å². The lowest BCUT2D eigenvalue weighted by atomic mass is 10.0. The number of pyridine rings is 1. The van der Waals surface area contributed by atoms with Crippen LogP contribution in [0.25, 0.3) is 11.3 Å². The Morgan fingerprint density at radius 3 is 2.62 bits per heavy atom. The number of nitrogens with one attached hydrogen (secondary N) is 1. The maximum absolute atomic E-state index is 13.3. The molecule has 4 aromatic rings. The van der Waals surface area contributed by atoms with Crippen LogP contribution in [-0.4, -0.2) is 32.1 Å². The topological polar surface area (TPSA) is 63.1 Å². The van der Waals surface area contributed by atoms with Crippen LogP contribution < -0.4 is 5.32 Å². The zero-order chi connectivity index (χ0) is 21.9. The number of carbonyl (C=O) groups excluding carboxylic acids is 1. The van der Waals surface area contributed by atoms with Gasteiger partial charge in [0, 0.05) is 41.9 Å². The zero-order valence-corrected chi connectivity index (χ0v) is 17.6. The number of para-hydroxylation sites is 1. The van der Waals surface area contributed by atoms with Gasteiger partial charge in [0.2, 0.25) is 0 Å². The van der Waals surface area contributed by atoms with Crippen molar-refractivity contribution in [1.82, 2.24) is 19.7 Å². The minimum absolute atomic E-state index is 0.0304. The summed E-state index contributed by atoms with van der Waals surface area (Å²) in [7, 11) is 0. The number of fused-ring (bicyclic) bond motifs is 1. The van der Waals surface area contributed by atoms with E-state index in [-0.39, 0.29) is 12.1 Å². The molecule has 0 spiro atoms. The van der Waals surface area contributed by atoms with Crippen LogP contribution in [0.4, 0.5) is 5.69 Å². The molecule has 1 aliphatic heterocycles. The van der Waals surface area contributed by atoms with Gasteiger partial charge in [-0.2, -0.15) is 5.10 Å². The summed E-state index contributed by atoms with van der Waals surface area (Å²) in [6, 6.07) is 21.7. The largest absolute Gasteiger partial charge is 0.361 e. The van der Waals surface area contributed by atoms with E-state index in [2.05, 4.69) is 29.0 Å². The van der Waals surface area contributed by atoms with E-state index in [0.29, 0.717) is 18.7 Å². The lowest BCUT2D eigenvalue weighted by Gasteiger charge is -2.37. The fourth-order valence-corrected chi connectivity index (χ4v) is 4.08. The van der Waals surface area contributed by atoms with Crippen molar-refractivity contribution in [2.75, 3.05) is 11.9 Å². The molecule has 1 amide bonds. The standard InChI is InChI=1S/C26H23N5O/c1-2-15-31-25(28-23-13-7-6-12-21(23)26(31)32)22-18-30(17-19-9-4-3-5-10-19)29-24(22)20-11-8-14-27-16-20/h2-14,16,18,25,28H,1,15,17H2/t25-/m1/s1. The number of nitrogens with zero attached hydrogens (tertiary/aromatic N) is 4. The van der Waals surface area contributed by atoms with Crippen molar-refractivity contribution in [3.8, 4) is 11.3 Å². The first-order valence-corrected chi connectivity index (χ1v) is 10.5. The second-order valence-corrected chi connectivity index (χ2v) is 7.70. The molecule has 2 aromatic carbocycles. The van der Waals surface area contributed by atoms with Crippen LogP contribution >= 0.6 is 0 Å². The molecule has 6 nitrogen and oxygen atoms in total. The van der Waals surface area contributed by atoms with Gasteiger partial charge in [-0.15, -0.1) is 6.58 Å². The second-order valence-electron chi connectivity index (χ2n) is 7.70. The molecule has 0 aliphatic carbocycles. The Morgan fingerprint density at radius 2 is 1.84 bits per heavy atom. The SMILES string of the molecule is C=CCN1C(=O)c2ccccc2N[C@H]1c1cn(Cc2ccccc2)nc1-c1cccnc1. The van der Waals surface area contributed by atoms with E-state index in [1.165, 1.54) is 0 Å². The van der Waals surface area contributed by atoms with Gasteiger partial charge < -0.3 is 10.2 Å². The predicted octanol–water partition coefficient (Wildman–Crippen LogP) is 4.75. The maximum atomic E-state index is 13.3. The first kappa shape index (κ1) is 19.8. The highest BCUT2D eigenvalue weighted by Gasteiger charge is 2.34. The predicted molar refractivity (Wildman–Crippen MR) is 125 cm³/mol. The van der Waals surface area contributed by atoms with Crippen LogP contribution in [0.15, 0.2) is 98.0 Å². The van der Waals surface area contributed by atoms with Gasteiger partial charge in [0.05, 0.1) is 12.1 Å². The third-order valence-electron chi connectivity index (χ3n) is 5.55. The van der Waals surface area contributed by atoms with Gasteiger partial charge in [-0.1, -0.05) is 48.5 Å². The van der Waals surface area contributed by atoms with Crippen molar-refractivity contribution in [3.05, 3.63) is 115 Å². The van der Waals surface area contributed by atoms with Crippen molar-refractivity contribution in [1.29, 1.82) is 0 Å². The molecular weight excluding hydrogens is 398 g/mol. The van der Waals surface area contributed by atoms with Crippen molar-refractivity contribution in [2.24, 2.45) is 0 Å². The Hall–Kier alpha value is -4.19. The smallest absolute Gasteiger partial charge is 0.258 e. The normalized spacial score (nSPS) is 15.2. The van der Waals surface area contributed by atoms with Gasteiger partial charge in [-0.25, -0.2) is 0 Å².